The lowest BCUT2D eigenvalue weighted by Gasteiger charge is -2.22. The molecule has 4 rings (SSSR count). The summed E-state index contributed by atoms with van der Waals surface area (Å²) >= 11 is 0. The van der Waals surface area contributed by atoms with Crippen LogP contribution in [0.15, 0.2) is 60.8 Å². The number of hydrogen-bond donors (Lipinski definition) is 3. The van der Waals surface area contributed by atoms with Crippen LogP contribution in [0.5, 0.6) is 0 Å². The normalized spacial score (nSPS) is 13.9. The van der Waals surface area contributed by atoms with Crippen LogP contribution in [0.1, 0.15) is 34.3 Å². The van der Waals surface area contributed by atoms with E-state index in [1.54, 1.807) is 42.6 Å². The molecule has 2 aromatic carbocycles. The van der Waals surface area contributed by atoms with Crippen LogP contribution in [0.2, 0.25) is 0 Å². The van der Waals surface area contributed by atoms with Crippen LogP contribution >= 0.6 is 0 Å². The minimum Gasteiger partial charge on any atom is -0.397 e. The second-order valence-corrected chi connectivity index (χ2v) is 8.16. The highest BCUT2D eigenvalue weighted by Crippen LogP contribution is 2.24. The summed E-state index contributed by atoms with van der Waals surface area (Å²) in [5.41, 5.74) is 10.3. The molecule has 168 valence electrons. The van der Waals surface area contributed by atoms with Crippen molar-refractivity contribution in [1.29, 1.82) is 5.26 Å². The first-order valence-electron chi connectivity index (χ1n) is 11.1. The zero-order valence-electron chi connectivity index (χ0n) is 18.4. The number of amides is 1. The van der Waals surface area contributed by atoms with Gasteiger partial charge in [-0.25, -0.2) is 0 Å². The number of para-hydroxylation sites is 2. The molecule has 0 atom stereocenters. The fourth-order valence-electron chi connectivity index (χ4n) is 3.88. The molecule has 2 heterocycles. The highest BCUT2D eigenvalue weighted by Gasteiger charge is 2.14. The number of benzene rings is 2. The molecule has 0 bridgehead atoms. The molecular weight excluding hydrogens is 414 g/mol. The summed E-state index contributed by atoms with van der Waals surface area (Å²) < 4.78 is 5.40. The van der Waals surface area contributed by atoms with Gasteiger partial charge in [-0.3, -0.25) is 9.78 Å². The van der Waals surface area contributed by atoms with Crippen molar-refractivity contribution in [3.8, 4) is 17.3 Å². The summed E-state index contributed by atoms with van der Waals surface area (Å²) in [5, 5.41) is 15.9. The highest BCUT2D eigenvalue weighted by molar-refractivity contribution is 6.05. The number of nitrogens with one attached hydrogen (secondary N) is 2. The maximum absolute atomic E-state index is 12.5. The van der Waals surface area contributed by atoms with E-state index in [1.165, 1.54) is 0 Å². The van der Waals surface area contributed by atoms with Gasteiger partial charge < -0.3 is 21.1 Å². The predicted octanol–water partition coefficient (Wildman–Crippen LogP) is 3.97. The van der Waals surface area contributed by atoms with Gasteiger partial charge in [-0.05, 0) is 61.2 Å². The number of nitrogens with two attached hydrogens (primary N) is 1. The number of carbonyl (C=O) groups excluding carboxylic acids is 1. The third-order valence-electron chi connectivity index (χ3n) is 5.80. The van der Waals surface area contributed by atoms with Gasteiger partial charge in [-0.2, -0.15) is 5.26 Å². The minimum atomic E-state index is -0.251. The molecule has 33 heavy (non-hydrogen) atoms. The highest BCUT2D eigenvalue weighted by atomic mass is 16.5. The third kappa shape index (κ3) is 5.75. The molecule has 0 spiro atoms. The van der Waals surface area contributed by atoms with E-state index >= 15 is 0 Å². The average molecular weight is 442 g/mol. The van der Waals surface area contributed by atoms with E-state index in [0.717, 1.165) is 43.7 Å². The Morgan fingerprint density at radius 2 is 1.91 bits per heavy atom. The Bertz CT molecular complexity index is 1150. The standard InChI is InChI=1S/C26H27N5O2/c27-14-22-13-19(16-29-15-18-9-11-33-12-10-18)17-30-25(22)20-5-7-21(8-6-20)26(32)31-24-4-2-1-3-23(24)28/h1-8,13,17-18,29H,9-12,15-16,28H2,(H,31,32). The van der Waals surface area contributed by atoms with E-state index in [4.69, 9.17) is 10.5 Å². The summed E-state index contributed by atoms with van der Waals surface area (Å²) in [6.07, 6.45) is 3.97. The van der Waals surface area contributed by atoms with Crippen molar-refractivity contribution in [2.45, 2.75) is 19.4 Å². The van der Waals surface area contributed by atoms with E-state index in [9.17, 15) is 10.1 Å². The molecule has 1 fully saturated rings. The smallest absolute Gasteiger partial charge is 0.255 e. The number of nitrogens with zero attached hydrogens (tertiary/aromatic N) is 2. The summed E-state index contributed by atoms with van der Waals surface area (Å²) in [6, 6.07) is 18.3. The van der Waals surface area contributed by atoms with Crippen molar-refractivity contribution in [2.24, 2.45) is 5.92 Å². The summed E-state index contributed by atoms with van der Waals surface area (Å²) in [6.45, 7) is 3.27. The number of hydrogen-bond acceptors (Lipinski definition) is 6. The fraction of sp³-hybridized carbons (Fsp3) is 0.269. The Morgan fingerprint density at radius 3 is 2.64 bits per heavy atom. The Kier molecular flexibility index (Phi) is 7.30. The number of pyridine rings is 1. The first-order chi connectivity index (χ1) is 16.1. The van der Waals surface area contributed by atoms with Crippen LogP contribution in [0.4, 0.5) is 11.4 Å². The molecule has 7 heteroatoms. The molecule has 7 nitrogen and oxygen atoms in total. The lowest BCUT2D eigenvalue weighted by atomic mass is 10.0. The Morgan fingerprint density at radius 1 is 1.15 bits per heavy atom. The molecule has 0 radical (unpaired) electrons. The monoisotopic (exact) mass is 441 g/mol. The Hall–Kier alpha value is -3.73. The van der Waals surface area contributed by atoms with Crippen LogP contribution in [0.25, 0.3) is 11.3 Å². The lowest BCUT2D eigenvalue weighted by molar-refractivity contribution is 0.0662. The summed E-state index contributed by atoms with van der Waals surface area (Å²) in [5.74, 6) is 0.384. The van der Waals surface area contributed by atoms with E-state index in [-0.39, 0.29) is 5.91 Å². The second kappa shape index (κ2) is 10.7. The summed E-state index contributed by atoms with van der Waals surface area (Å²) in [7, 11) is 0. The van der Waals surface area contributed by atoms with Crippen LogP contribution in [0, 0.1) is 17.2 Å². The van der Waals surface area contributed by atoms with Crippen molar-refractivity contribution >= 4 is 17.3 Å². The van der Waals surface area contributed by atoms with Gasteiger partial charge in [0.1, 0.15) is 6.07 Å². The summed E-state index contributed by atoms with van der Waals surface area (Å²) in [4.78, 5) is 17.1. The van der Waals surface area contributed by atoms with Crippen molar-refractivity contribution in [3.05, 3.63) is 77.5 Å². The van der Waals surface area contributed by atoms with E-state index in [2.05, 4.69) is 21.7 Å². The molecule has 1 aliphatic heterocycles. The van der Waals surface area contributed by atoms with Crippen LogP contribution in [-0.2, 0) is 11.3 Å². The maximum atomic E-state index is 12.5. The van der Waals surface area contributed by atoms with Gasteiger partial charge in [-0.15, -0.1) is 0 Å². The molecule has 0 saturated carbocycles. The minimum absolute atomic E-state index is 0.251. The van der Waals surface area contributed by atoms with Crippen LogP contribution in [-0.4, -0.2) is 30.6 Å². The molecule has 0 unspecified atom stereocenters. The van der Waals surface area contributed by atoms with Crippen molar-refractivity contribution < 1.29 is 9.53 Å². The fourth-order valence-corrected chi connectivity index (χ4v) is 3.88. The van der Waals surface area contributed by atoms with Crippen LogP contribution in [0.3, 0.4) is 0 Å². The van der Waals surface area contributed by atoms with E-state index in [1.807, 2.05) is 18.2 Å². The van der Waals surface area contributed by atoms with E-state index in [0.29, 0.717) is 40.7 Å². The van der Waals surface area contributed by atoms with Gasteiger partial charge in [0, 0.05) is 37.1 Å². The molecule has 1 amide bonds. The quantitative estimate of drug-likeness (QED) is 0.478. The van der Waals surface area contributed by atoms with Gasteiger partial charge >= 0.3 is 0 Å². The number of anilines is 2. The lowest BCUT2D eigenvalue weighted by Crippen LogP contribution is -2.27. The molecule has 3 aromatic rings. The first kappa shape index (κ1) is 22.5. The van der Waals surface area contributed by atoms with Gasteiger partial charge in [0.15, 0.2) is 0 Å². The van der Waals surface area contributed by atoms with Gasteiger partial charge in [0.25, 0.3) is 5.91 Å². The van der Waals surface area contributed by atoms with Gasteiger partial charge in [0.2, 0.25) is 0 Å². The van der Waals surface area contributed by atoms with E-state index < -0.39 is 0 Å². The third-order valence-corrected chi connectivity index (χ3v) is 5.80. The molecule has 4 N–H and O–H groups in total. The Labute approximate surface area is 193 Å². The maximum Gasteiger partial charge on any atom is 0.255 e. The number of rotatable bonds is 7. The van der Waals surface area contributed by atoms with Crippen LogP contribution < -0.4 is 16.4 Å². The SMILES string of the molecule is N#Cc1cc(CNCC2CCOCC2)cnc1-c1ccc(C(=O)Nc2ccccc2N)cc1. The predicted molar refractivity (Wildman–Crippen MR) is 128 cm³/mol. The number of aromatic nitrogens is 1. The Balaban J connectivity index is 1.41. The molecule has 1 aromatic heterocycles. The number of ether oxygens (including phenoxy) is 1. The number of nitrogen functional groups attached to an aromatic ring is 1. The zero-order valence-corrected chi connectivity index (χ0v) is 18.4. The topological polar surface area (TPSA) is 113 Å². The first-order valence-corrected chi connectivity index (χ1v) is 11.1. The van der Waals surface area contributed by atoms with Gasteiger partial charge in [-0.1, -0.05) is 24.3 Å². The van der Waals surface area contributed by atoms with Crippen molar-refractivity contribution in [1.82, 2.24) is 10.3 Å². The number of nitriles is 1. The molecule has 0 aliphatic carbocycles. The van der Waals surface area contributed by atoms with Crippen molar-refractivity contribution in [3.63, 3.8) is 0 Å². The second-order valence-electron chi connectivity index (χ2n) is 8.16. The molecular formula is C26H27N5O2. The largest absolute Gasteiger partial charge is 0.397 e. The zero-order chi connectivity index (χ0) is 23.0. The van der Waals surface area contributed by atoms with Gasteiger partial charge in [0.05, 0.1) is 22.6 Å². The molecule has 1 aliphatic rings. The van der Waals surface area contributed by atoms with Crippen molar-refractivity contribution in [2.75, 3.05) is 30.8 Å². The number of carbonyl (C=O) groups is 1. The molecule has 1 saturated heterocycles. The average Bonchev–Trinajstić information content (AvgIpc) is 2.86.